The summed E-state index contributed by atoms with van der Waals surface area (Å²) in [6, 6.07) is 10.1. The monoisotopic (exact) mass is 336 g/mol. The van der Waals surface area contributed by atoms with Crippen molar-refractivity contribution in [3.8, 4) is 11.8 Å². The summed E-state index contributed by atoms with van der Waals surface area (Å²) in [7, 11) is 0. The second-order valence-electron chi connectivity index (χ2n) is 3.88. The Kier molecular flexibility index (Phi) is 5.62. The average molecular weight is 337 g/mol. The Bertz CT molecular complexity index is 578. The molecule has 19 heavy (non-hydrogen) atoms. The Hall–Kier alpha value is -1.12. The predicted molar refractivity (Wildman–Crippen MR) is 80.9 cm³/mol. The first-order valence-electron chi connectivity index (χ1n) is 5.77. The predicted octanol–water partition coefficient (Wildman–Crippen LogP) is 3.57. The van der Waals surface area contributed by atoms with E-state index in [1.807, 2.05) is 35.7 Å². The lowest BCUT2D eigenvalue weighted by atomic mass is 10.2. The third-order valence-corrected chi connectivity index (χ3v) is 3.83. The van der Waals surface area contributed by atoms with Crippen LogP contribution < -0.4 is 0 Å². The zero-order valence-electron chi connectivity index (χ0n) is 10.2. The number of rotatable bonds is 4. The van der Waals surface area contributed by atoms with Gasteiger partial charge in [0.15, 0.2) is 0 Å². The Morgan fingerprint density at radius 3 is 2.74 bits per heavy atom. The molecule has 1 aromatic carbocycles. The zero-order chi connectivity index (χ0) is 13.5. The molecule has 1 heterocycles. The van der Waals surface area contributed by atoms with Crippen molar-refractivity contribution in [3.63, 3.8) is 0 Å². The van der Waals surface area contributed by atoms with E-state index in [1.165, 1.54) is 0 Å². The van der Waals surface area contributed by atoms with Gasteiger partial charge in [0, 0.05) is 20.3 Å². The van der Waals surface area contributed by atoms with Crippen LogP contribution in [0.25, 0.3) is 0 Å². The normalized spacial score (nSPS) is 10.0. The molecule has 0 saturated carbocycles. The maximum atomic E-state index is 8.62. The zero-order valence-corrected chi connectivity index (χ0v) is 12.6. The van der Waals surface area contributed by atoms with Crippen LogP contribution in [0.4, 0.5) is 0 Å². The minimum Gasteiger partial charge on any atom is -0.384 e. The highest BCUT2D eigenvalue weighted by molar-refractivity contribution is 9.10. The van der Waals surface area contributed by atoms with E-state index in [0.29, 0.717) is 13.2 Å². The number of hydrogen-bond acceptors (Lipinski definition) is 3. The molecule has 0 saturated heterocycles. The molecular formula is C15H13BrO2S. The lowest BCUT2D eigenvalue weighted by Gasteiger charge is -2.02. The van der Waals surface area contributed by atoms with Crippen LogP contribution in [0.15, 0.2) is 40.2 Å². The smallest absolute Gasteiger partial charge is 0.104 e. The minimum absolute atomic E-state index is 0.106. The van der Waals surface area contributed by atoms with Crippen molar-refractivity contribution in [2.75, 3.05) is 6.61 Å². The molecule has 2 nitrogen and oxygen atoms in total. The van der Waals surface area contributed by atoms with Crippen molar-refractivity contribution in [3.05, 3.63) is 56.2 Å². The van der Waals surface area contributed by atoms with E-state index in [4.69, 9.17) is 9.84 Å². The summed E-state index contributed by atoms with van der Waals surface area (Å²) in [4.78, 5) is 1.14. The van der Waals surface area contributed by atoms with Crippen molar-refractivity contribution in [2.24, 2.45) is 0 Å². The highest BCUT2D eigenvalue weighted by Gasteiger charge is 1.99. The van der Waals surface area contributed by atoms with Gasteiger partial charge < -0.3 is 9.84 Å². The number of aliphatic hydroxyl groups excluding tert-OH is 1. The molecular weight excluding hydrogens is 324 g/mol. The third-order valence-electron chi connectivity index (χ3n) is 2.39. The Morgan fingerprint density at radius 1 is 1.21 bits per heavy atom. The Balaban J connectivity index is 1.82. The molecule has 0 atom stereocenters. The summed E-state index contributed by atoms with van der Waals surface area (Å²) in [6.45, 7) is 1.08. The number of benzene rings is 1. The van der Waals surface area contributed by atoms with Crippen molar-refractivity contribution < 1.29 is 9.84 Å². The van der Waals surface area contributed by atoms with Gasteiger partial charge in [-0.05, 0) is 23.8 Å². The molecule has 1 aromatic heterocycles. The third kappa shape index (κ3) is 4.81. The van der Waals surface area contributed by atoms with Gasteiger partial charge in [0.05, 0.1) is 13.2 Å². The molecule has 1 N–H and O–H groups in total. The van der Waals surface area contributed by atoms with E-state index >= 15 is 0 Å². The quantitative estimate of drug-likeness (QED) is 0.865. The summed E-state index contributed by atoms with van der Waals surface area (Å²) < 4.78 is 6.73. The van der Waals surface area contributed by atoms with E-state index in [0.717, 1.165) is 20.5 Å². The Morgan fingerprint density at radius 2 is 2.00 bits per heavy atom. The van der Waals surface area contributed by atoms with Gasteiger partial charge in [0.25, 0.3) is 0 Å². The van der Waals surface area contributed by atoms with Gasteiger partial charge in [-0.15, -0.1) is 11.3 Å². The molecule has 0 aliphatic rings. The maximum absolute atomic E-state index is 8.62. The summed E-state index contributed by atoms with van der Waals surface area (Å²) in [5.74, 6) is 5.51. The first-order chi connectivity index (χ1) is 9.28. The number of aliphatic hydroxyl groups is 1. The van der Waals surface area contributed by atoms with Crippen molar-refractivity contribution in [1.82, 2.24) is 0 Å². The van der Waals surface area contributed by atoms with Crippen LogP contribution in [-0.4, -0.2) is 11.7 Å². The summed E-state index contributed by atoms with van der Waals surface area (Å²) in [6.07, 6.45) is 0. The molecule has 2 aromatic rings. The second-order valence-corrected chi connectivity index (χ2v) is 5.79. The lowest BCUT2D eigenvalue weighted by Crippen LogP contribution is -1.92. The topological polar surface area (TPSA) is 29.5 Å². The first-order valence-corrected chi connectivity index (χ1v) is 7.44. The van der Waals surface area contributed by atoms with Gasteiger partial charge in [0.2, 0.25) is 0 Å². The molecule has 0 spiro atoms. The van der Waals surface area contributed by atoms with Crippen LogP contribution >= 0.6 is 27.3 Å². The largest absolute Gasteiger partial charge is 0.384 e. The SMILES string of the molecule is OCC#Cc1csc(COCc2ccc(Br)cc2)c1. The van der Waals surface area contributed by atoms with Gasteiger partial charge in [0.1, 0.15) is 6.61 Å². The van der Waals surface area contributed by atoms with E-state index in [-0.39, 0.29) is 6.61 Å². The van der Waals surface area contributed by atoms with Crippen molar-refractivity contribution in [1.29, 1.82) is 0 Å². The number of thiophene rings is 1. The van der Waals surface area contributed by atoms with Gasteiger partial charge >= 0.3 is 0 Å². The lowest BCUT2D eigenvalue weighted by molar-refractivity contribution is 0.109. The highest BCUT2D eigenvalue weighted by atomic mass is 79.9. The molecule has 0 aliphatic carbocycles. The van der Waals surface area contributed by atoms with E-state index in [1.54, 1.807) is 11.3 Å². The molecule has 0 amide bonds. The molecule has 0 bridgehead atoms. The van der Waals surface area contributed by atoms with Gasteiger partial charge in [-0.1, -0.05) is 39.9 Å². The van der Waals surface area contributed by atoms with Gasteiger partial charge in [-0.2, -0.15) is 0 Å². The molecule has 98 valence electrons. The van der Waals surface area contributed by atoms with Crippen LogP contribution in [-0.2, 0) is 18.0 Å². The number of halogens is 1. The molecule has 2 rings (SSSR count). The standard InChI is InChI=1S/C15H13BrO2S/c16-14-5-3-12(4-6-14)9-18-10-15-8-13(11-19-15)2-1-7-17/h3-6,8,11,17H,7,9-10H2. The fourth-order valence-electron chi connectivity index (χ4n) is 1.51. The molecule has 0 fully saturated rings. The molecule has 0 aliphatic heterocycles. The van der Waals surface area contributed by atoms with Crippen molar-refractivity contribution >= 4 is 27.3 Å². The van der Waals surface area contributed by atoms with Crippen molar-refractivity contribution in [2.45, 2.75) is 13.2 Å². The summed E-state index contributed by atoms with van der Waals surface area (Å²) in [5.41, 5.74) is 2.08. The number of hydrogen-bond donors (Lipinski definition) is 1. The van der Waals surface area contributed by atoms with Crippen LogP contribution in [0.5, 0.6) is 0 Å². The van der Waals surface area contributed by atoms with E-state index in [2.05, 4.69) is 27.8 Å². The fraction of sp³-hybridized carbons (Fsp3) is 0.200. The highest BCUT2D eigenvalue weighted by Crippen LogP contribution is 2.16. The van der Waals surface area contributed by atoms with Crippen LogP contribution in [0.3, 0.4) is 0 Å². The summed E-state index contributed by atoms with van der Waals surface area (Å²) >= 11 is 5.02. The van der Waals surface area contributed by atoms with E-state index in [9.17, 15) is 0 Å². The molecule has 0 unspecified atom stereocenters. The fourth-order valence-corrected chi connectivity index (χ4v) is 2.53. The minimum atomic E-state index is -0.106. The van der Waals surface area contributed by atoms with Crippen LogP contribution in [0.2, 0.25) is 0 Å². The Labute approximate surface area is 125 Å². The van der Waals surface area contributed by atoms with Gasteiger partial charge in [-0.25, -0.2) is 0 Å². The number of ether oxygens (including phenoxy) is 1. The van der Waals surface area contributed by atoms with E-state index < -0.39 is 0 Å². The second kappa shape index (κ2) is 7.46. The molecule has 4 heteroatoms. The first kappa shape index (κ1) is 14.3. The molecule has 0 radical (unpaired) electrons. The maximum Gasteiger partial charge on any atom is 0.104 e. The average Bonchev–Trinajstić information content (AvgIpc) is 2.87. The van der Waals surface area contributed by atoms with Crippen LogP contribution in [0.1, 0.15) is 16.0 Å². The van der Waals surface area contributed by atoms with Crippen LogP contribution in [0, 0.1) is 11.8 Å². The summed E-state index contributed by atoms with van der Waals surface area (Å²) in [5, 5.41) is 10.6. The van der Waals surface area contributed by atoms with Gasteiger partial charge in [-0.3, -0.25) is 0 Å².